The first-order valence-electron chi connectivity index (χ1n) is 7.27. The number of rotatable bonds is 4. The molecular formula is C15H22N2O2S. The first-order chi connectivity index (χ1) is 9.52. The van der Waals surface area contributed by atoms with Crippen molar-refractivity contribution in [3.63, 3.8) is 0 Å². The number of benzene rings is 1. The van der Waals surface area contributed by atoms with Crippen molar-refractivity contribution in [1.82, 2.24) is 10.2 Å². The van der Waals surface area contributed by atoms with Gasteiger partial charge in [-0.05, 0) is 49.5 Å². The number of hydrogen-bond acceptors (Lipinski definition) is 4. The van der Waals surface area contributed by atoms with Crippen LogP contribution in [-0.2, 0) is 16.4 Å². The zero-order valence-corrected chi connectivity index (χ0v) is 12.7. The van der Waals surface area contributed by atoms with Crippen LogP contribution in [-0.4, -0.2) is 45.2 Å². The van der Waals surface area contributed by atoms with E-state index in [9.17, 15) is 8.42 Å². The summed E-state index contributed by atoms with van der Waals surface area (Å²) in [6, 6.07) is 7.83. The Bertz CT molecular complexity index is 568. The predicted molar refractivity (Wildman–Crippen MR) is 79.3 cm³/mol. The van der Waals surface area contributed by atoms with E-state index in [1.54, 1.807) is 12.1 Å². The Morgan fingerprint density at radius 1 is 1.20 bits per heavy atom. The highest BCUT2D eigenvalue weighted by atomic mass is 32.2. The third-order valence-corrected chi connectivity index (χ3v) is 5.68. The van der Waals surface area contributed by atoms with Gasteiger partial charge in [-0.15, -0.1) is 0 Å². The fourth-order valence-corrected chi connectivity index (χ4v) is 3.95. The molecule has 0 amide bonds. The molecule has 0 aromatic heterocycles. The zero-order valence-electron chi connectivity index (χ0n) is 11.9. The molecule has 1 aromatic carbocycles. The molecule has 0 spiro atoms. The Kier molecular flexibility index (Phi) is 3.84. The van der Waals surface area contributed by atoms with Crippen molar-refractivity contribution in [2.24, 2.45) is 5.92 Å². The number of sulfone groups is 1. The molecule has 2 aliphatic heterocycles. The Hall–Kier alpha value is -0.910. The normalized spacial score (nSPS) is 29.6. The van der Waals surface area contributed by atoms with Crippen LogP contribution in [0, 0.1) is 5.92 Å². The van der Waals surface area contributed by atoms with Gasteiger partial charge in [-0.3, -0.25) is 0 Å². The van der Waals surface area contributed by atoms with Gasteiger partial charge in [-0.2, -0.15) is 0 Å². The molecule has 2 saturated heterocycles. The lowest BCUT2D eigenvalue weighted by atomic mass is 9.94. The van der Waals surface area contributed by atoms with Crippen LogP contribution in [0.2, 0.25) is 0 Å². The second-order valence-electron chi connectivity index (χ2n) is 6.04. The Morgan fingerprint density at radius 2 is 1.90 bits per heavy atom. The molecule has 3 unspecified atom stereocenters. The van der Waals surface area contributed by atoms with Crippen LogP contribution in [0.25, 0.3) is 0 Å². The molecule has 0 aliphatic carbocycles. The summed E-state index contributed by atoms with van der Waals surface area (Å²) in [6.07, 6.45) is 3.78. The lowest BCUT2D eigenvalue weighted by Gasteiger charge is -2.31. The first kappa shape index (κ1) is 14.0. The maximum absolute atomic E-state index is 11.4. The largest absolute Gasteiger partial charge is 0.310 e. The maximum atomic E-state index is 11.4. The molecule has 20 heavy (non-hydrogen) atoms. The highest BCUT2D eigenvalue weighted by Gasteiger charge is 2.33. The SMILES string of the molecule is CS(=O)(=O)c1ccc(CNC2CCN3CCC2C3)cc1. The van der Waals surface area contributed by atoms with E-state index in [0.717, 1.165) is 18.0 Å². The summed E-state index contributed by atoms with van der Waals surface area (Å²) in [5.41, 5.74) is 1.15. The van der Waals surface area contributed by atoms with Crippen LogP contribution >= 0.6 is 0 Å². The van der Waals surface area contributed by atoms with E-state index in [1.165, 1.54) is 38.7 Å². The topological polar surface area (TPSA) is 49.4 Å². The fraction of sp³-hybridized carbons (Fsp3) is 0.600. The second kappa shape index (κ2) is 5.47. The van der Waals surface area contributed by atoms with Crippen molar-refractivity contribution in [1.29, 1.82) is 0 Å². The lowest BCUT2D eigenvalue weighted by Crippen LogP contribution is -2.43. The molecule has 0 saturated carbocycles. The van der Waals surface area contributed by atoms with Crippen molar-refractivity contribution in [3.05, 3.63) is 29.8 Å². The standard InChI is InChI=1S/C15H22N2O2S/c1-20(18,19)14-4-2-12(3-5-14)10-16-15-7-9-17-8-6-13(15)11-17/h2-5,13,15-16H,6-11H2,1H3. The molecule has 2 aliphatic rings. The van der Waals surface area contributed by atoms with Crippen LogP contribution in [0.4, 0.5) is 0 Å². The minimum Gasteiger partial charge on any atom is -0.310 e. The van der Waals surface area contributed by atoms with Gasteiger partial charge in [0.25, 0.3) is 0 Å². The first-order valence-corrected chi connectivity index (χ1v) is 9.16. The van der Waals surface area contributed by atoms with E-state index in [2.05, 4.69) is 10.2 Å². The van der Waals surface area contributed by atoms with Gasteiger partial charge in [-0.1, -0.05) is 12.1 Å². The number of nitrogens with one attached hydrogen (secondary N) is 1. The average Bonchev–Trinajstić information content (AvgIpc) is 2.80. The highest BCUT2D eigenvalue weighted by Crippen LogP contribution is 2.27. The van der Waals surface area contributed by atoms with Crippen molar-refractivity contribution in [2.75, 3.05) is 25.9 Å². The summed E-state index contributed by atoms with van der Waals surface area (Å²) in [4.78, 5) is 2.94. The molecule has 1 N–H and O–H groups in total. The fourth-order valence-electron chi connectivity index (χ4n) is 3.32. The number of piperidine rings is 1. The van der Waals surface area contributed by atoms with Crippen LogP contribution < -0.4 is 5.32 Å². The maximum Gasteiger partial charge on any atom is 0.175 e. The Morgan fingerprint density at radius 3 is 2.60 bits per heavy atom. The molecule has 1 aromatic rings. The Balaban J connectivity index is 1.58. The molecule has 0 radical (unpaired) electrons. The van der Waals surface area contributed by atoms with Crippen LogP contribution in [0.1, 0.15) is 18.4 Å². The Labute approximate surface area is 121 Å². The third-order valence-electron chi connectivity index (χ3n) is 4.55. The molecular weight excluding hydrogens is 272 g/mol. The van der Waals surface area contributed by atoms with Gasteiger partial charge in [0.2, 0.25) is 0 Å². The molecule has 2 bridgehead atoms. The number of nitrogens with zero attached hydrogens (tertiary/aromatic N) is 1. The molecule has 3 rings (SSSR count). The van der Waals surface area contributed by atoms with Crippen molar-refractivity contribution < 1.29 is 8.42 Å². The van der Waals surface area contributed by atoms with E-state index >= 15 is 0 Å². The van der Waals surface area contributed by atoms with E-state index in [0.29, 0.717) is 10.9 Å². The zero-order chi connectivity index (χ0) is 14.2. The van der Waals surface area contributed by atoms with Crippen LogP contribution in [0.5, 0.6) is 0 Å². The summed E-state index contributed by atoms with van der Waals surface area (Å²) in [7, 11) is -3.09. The van der Waals surface area contributed by atoms with E-state index < -0.39 is 9.84 Å². The lowest BCUT2D eigenvalue weighted by molar-refractivity contribution is 0.220. The summed E-state index contributed by atoms with van der Waals surface area (Å²) < 4.78 is 22.8. The quantitative estimate of drug-likeness (QED) is 0.909. The molecule has 2 heterocycles. The highest BCUT2D eigenvalue weighted by molar-refractivity contribution is 7.90. The van der Waals surface area contributed by atoms with Gasteiger partial charge in [-0.25, -0.2) is 8.42 Å². The molecule has 2 fully saturated rings. The van der Waals surface area contributed by atoms with E-state index in [-0.39, 0.29) is 0 Å². The molecule has 4 nitrogen and oxygen atoms in total. The van der Waals surface area contributed by atoms with E-state index in [4.69, 9.17) is 0 Å². The van der Waals surface area contributed by atoms with Gasteiger partial charge >= 0.3 is 0 Å². The van der Waals surface area contributed by atoms with Crippen molar-refractivity contribution in [3.8, 4) is 0 Å². The minimum atomic E-state index is -3.09. The average molecular weight is 294 g/mol. The number of hydrogen-bond donors (Lipinski definition) is 1. The van der Waals surface area contributed by atoms with Gasteiger partial charge in [0.1, 0.15) is 0 Å². The summed E-state index contributed by atoms with van der Waals surface area (Å²) >= 11 is 0. The summed E-state index contributed by atoms with van der Waals surface area (Å²) in [5, 5.41) is 3.65. The second-order valence-corrected chi connectivity index (χ2v) is 8.06. The smallest absolute Gasteiger partial charge is 0.175 e. The van der Waals surface area contributed by atoms with E-state index in [1.807, 2.05) is 12.1 Å². The van der Waals surface area contributed by atoms with Gasteiger partial charge in [0, 0.05) is 25.4 Å². The van der Waals surface area contributed by atoms with Gasteiger partial charge < -0.3 is 10.2 Å². The van der Waals surface area contributed by atoms with Gasteiger partial charge in [0.15, 0.2) is 9.84 Å². The van der Waals surface area contributed by atoms with Crippen molar-refractivity contribution >= 4 is 9.84 Å². The molecule has 5 heteroatoms. The molecule has 3 atom stereocenters. The summed E-state index contributed by atoms with van der Waals surface area (Å²) in [6.45, 7) is 4.53. The third kappa shape index (κ3) is 3.05. The monoisotopic (exact) mass is 294 g/mol. The van der Waals surface area contributed by atoms with Crippen molar-refractivity contribution in [2.45, 2.75) is 30.3 Å². The molecule has 110 valence electrons. The summed E-state index contributed by atoms with van der Waals surface area (Å²) in [5.74, 6) is 0.791. The van der Waals surface area contributed by atoms with Crippen LogP contribution in [0.15, 0.2) is 29.2 Å². The predicted octanol–water partition coefficient (Wildman–Crippen LogP) is 1.27. The minimum absolute atomic E-state index is 0.394. The number of fused-ring (bicyclic) bond motifs is 2. The van der Waals surface area contributed by atoms with Crippen LogP contribution in [0.3, 0.4) is 0 Å². The van der Waals surface area contributed by atoms with Gasteiger partial charge in [0.05, 0.1) is 4.90 Å².